The zero-order chi connectivity index (χ0) is 15.1. The topological polar surface area (TPSA) is 97.5 Å². The standard InChI is InChI=1S/C13H13NO5S/c1-7-4-9(20(3,17)18)5-10(8(7)2)11-6-12(13(15)16)19-14-11/h4-6H,1-3H3,(H,15,16). The smallest absolute Gasteiger partial charge is 0.374 e. The van der Waals surface area contributed by atoms with Crippen molar-refractivity contribution in [1.82, 2.24) is 5.16 Å². The highest BCUT2D eigenvalue weighted by atomic mass is 32.2. The Morgan fingerprint density at radius 1 is 1.25 bits per heavy atom. The largest absolute Gasteiger partial charge is 0.475 e. The second-order valence-corrected chi connectivity index (χ2v) is 6.58. The molecule has 0 saturated heterocycles. The molecule has 0 saturated carbocycles. The fraction of sp³-hybridized carbons (Fsp3) is 0.231. The van der Waals surface area contributed by atoms with E-state index in [9.17, 15) is 13.2 Å². The number of carboxylic acids is 1. The Kier molecular flexibility index (Phi) is 3.39. The van der Waals surface area contributed by atoms with Crippen LogP contribution < -0.4 is 0 Å². The number of carboxylic acid groups (broad SMARTS) is 1. The Morgan fingerprint density at radius 2 is 1.90 bits per heavy atom. The number of benzene rings is 1. The lowest BCUT2D eigenvalue weighted by Gasteiger charge is -2.09. The van der Waals surface area contributed by atoms with Crippen molar-refractivity contribution in [2.24, 2.45) is 0 Å². The summed E-state index contributed by atoms with van der Waals surface area (Å²) in [7, 11) is -3.36. The molecule has 106 valence electrons. The number of aryl methyl sites for hydroxylation is 1. The summed E-state index contributed by atoms with van der Waals surface area (Å²) in [5.74, 6) is -1.51. The third-order valence-electron chi connectivity index (χ3n) is 3.07. The van der Waals surface area contributed by atoms with Gasteiger partial charge in [0.2, 0.25) is 5.76 Å². The van der Waals surface area contributed by atoms with Crippen LogP contribution >= 0.6 is 0 Å². The lowest BCUT2D eigenvalue weighted by atomic mass is 10.0. The summed E-state index contributed by atoms with van der Waals surface area (Å²) in [6.45, 7) is 3.59. The average Bonchev–Trinajstić information content (AvgIpc) is 2.80. The molecule has 1 aromatic heterocycles. The molecule has 1 N–H and O–H groups in total. The highest BCUT2D eigenvalue weighted by Gasteiger charge is 2.17. The average molecular weight is 295 g/mol. The monoisotopic (exact) mass is 295 g/mol. The van der Waals surface area contributed by atoms with Crippen molar-refractivity contribution in [3.8, 4) is 11.3 Å². The van der Waals surface area contributed by atoms with Gasteiger partial charge < -0.3 is 9.63 Å². The molecule has 0 atom stereocenters. The van der Waals surface area contributed by atoms with E-state index in [1.54, 1.807) is 13.0 Å². The van der Waals surface area contributed by atoms with Crippen LogP contribution in [0.25, 0.3) is 11.3 Å². The molecular weight excluding hydrogens is 282 g/mol. The highest BCUT2D eigenvalue weighted by Crippen LogP contribution is 2.28. The summed E-state index contributed by atoms with van der Waals surface area (Å²) in [6, 6.07) is 4.32. The molecule has 0 spiro atoms. The first kappa shape index (κ1) is 14.3. The van der Waals surface area contributed by atoms with Crippen molar-refractivity contribution >= 4 is 15.8 Å². The number of sulfone groups is 1. The third-order valence-corrected chi connectivity index (χ3v) is 4.16. The fourth-order valence-electron chi connectivity index (χ4n) is 1.81. The molecule has 0 fully saturated rings. The fourth-order valence-corrected chi connectivity index (χ4v) is 2.53. The maximum atomic E-state index is 11.7. The first-order valence-corrected chi connectivity index (χ1v) is 7.61. The van der Waals surface area contributed by atoms with Crippen LogP contribution in [0.15, 0.2) is 27.6 Å². The molecule has 0 aliphatic rings. The minimum atomic E-state index is -3.36. The number of rotatable bonds is 3. The summed E-state index contributed by atoms with van der Waals surface area (Å²) in [5, 5.41) is 12.5. The highest BCUT2D eigenvalue weighted by molar-refractivity contribution is 7.90. The van der Waals surface area contributed by atoms with Crippen molar-refractivity contribution in [3.05, 3.63) is 35.1 Å². The van der Waals surface area contributed by atoms with Gasteiger partial charge in [-0.2, -0.15) is 0 Å². The minimum Gasteiger partial charge on any atom is -0.475 e. The third kappa shape index (κ3) is 2.57. The van der Waals surface area contributed by atoms with E-state index in [2.05, 4.69) is 5.16 Å². The van der Waals surface area contributed by atoms with Crippen LogP contribution in [0.1, 0.15) is 21.7 Å². The molecule has 6 nitrogen and oxygen atoms in total. The molecule has 0 aliphatic heterocycles. The van der Waals surface area contributed by atoms with Gasteiger partial charge in [0.15, 0.2) is 9.84 Å². The summed E-state index contributed by atoms with van der Waals surface area (Å²) < 4.78 is 28.0. The van der Waals surface area contributed by atoms with Gasteiger partial charge in [-0.25, -0.2) is 13.2 Å². The molecule has 20 heavy (non-hydrogen) atoms. The predicted octanol–water partition coefficient (Wildman–Crippen LogP) is 2.06. The second kappa shape index (κ2) is 4.75. The first-order chi connectivity index (χ1) is 9.20. The van der Waals surface area contributed by atoms with Crippen molar-refractivity contribution in [2.45, 2.75) is 18.7 Å². The number of aromatic nitrogens is 1. The lowest BCUT2D eigenvalue weighted by molar-refractivity contribution is 0.0652. The summed E-state index contributed by atoms with van der Waals surface area (Å²) in [6.07, 6.45) is 1.12. The van der Waals surface area contributed by atoms with Gasteiger partial charge in [-0.05, 0) is 37.1 Å². The Balaban J connectivity index is 2.66. The second-order valence-electron chi connectivity index (χ2n) is 4.57. The number of aromatic carboxylic acids is 1. The van der Waals surface area contributed by atoms with Gasteiger partial charge in [0.25, 0.3) is 0 Å². The van der Waals surface area contributed by atoms with Crippen LogP contribution in [-0.2, 0) is 9.84 Å². The van der Waals surface area contributed by atoms with E-state index in [0.29, 0.717) is 11.3 Å². The van der Waals surface area contributed by atoms with Crippen LogP contribution in [0.4, 0.5) is 0 Å². The van der Waals surface area contributed by atoms with E-state index >= 15 is 0 Å². The van der Waals surface area contributed by atoms with Crippen molar-refractivity contribution < 1.29 is 22.8 Å². The van der Waals surface area contributed by atoms with Crippen molar-refractivity contribution in [2.75, 3.05) is 6.26 Å². The van der Waals surface area contributed by atoms with Gasteiger partial charge in [0, 0.05) is 17.9 Å². The summed E-state index contributed by atoms with van der Waals surface area (Å²) in [4.78, 5) is 11.0. The van der Waals surface area contributed by atoms with Gasteiger partial charge in [0.1, 0.15) is 5.69 Å². The quantitative estimate of drug-likeness (QED) is 0.930. The van der Waals surface area contributed by atoms with Crippen molar-refractivity contribution in [1.29, 1.82) is 0 Å². The van der Waals surface area contributed by atoms with E-state index in [1.807, 2.05) is 6.92 Å². The van der Waals surface area contributed by atoms with Gasteiger partial charge in [-0.15, -0.1) is 0 Å². The van der Waals surface area contributed by atoms with Gasteiger partial charge >= 0.3 is 5.97 Å². The van der Waals surface area contributed by atoms with Crippen LogP contribution in [0, 0.1) is 13.8 Å². The maximum Gasteiger partial charge on any atom is 0.374 e. The SMILES string of the molecule is Cc1cc(S(C)(=O)=O)cc(-c2cc(C(=O)O)on2)c1C. The predicted molar refractivity (Wildman–Crippen MR) is 71.5 cm³/mol. The first-order valence-electron chi connectivity index (χ1n) is 5.72. The van der Waals surface area contributed by atoms with Gasteiger partial charge in [-0.1, -0.05) is 5.16 Å². The molecule has 2 aromatic rings. The number of hydrogen-bond acceptors (Lipinski definition) is 5. The molecular formula is C13H13NO5S. The van der Waals surface area contributed by atoms with E-state index in [1.165, 1.54) is 12.1 Å². The Hall–Kier alpha value is -2.15. The molecule has 0 radical (unpaired) electrons. The summed E-state index contributed by atoms with van der Waals surface area (Å²) >= 11 is 0. The van der Waals surface area contributed by atoms with Gasteiger partial charge in [-0.3, -0.25) is 0 Å². The lowest BCUT2D eigenvalue weighted by Crippen LogP contribution is -2.00. The molecule has 1 aromatic carbocycles. The molecule has 0 unspecified atom stereocenters. The Bertz CT molecular complexity index is 789. The number of nitrogens with zero attached hydrogens (tertiary/aromatic N) is 1. The van der Waals surface area contributed by atoms with Crippen molar-refractivity contribution in [3.63, 3.8) is 0 Å². The van der Waals surface area contributed by atoms with Crippen LogP contribution in [0.5, 0.6) is 0 Å². The number of carbonyl (C=O) groups is 1. The molecule has 0 aliphatic carbocycles. The molecule has 7 heteroatoms. The zero-order valence-electron chi connectivity index (χ0n) is 11.2. The van der Waals surface area contributed by atoms with E-state index in [0.717, 1.165) is 17.4 Å². The molecule has 0 bridgehead atoms. The number of hydrogen-bond donors (Lipinski definition) is 1. The molecule has 2 rings (SSSR count). The van der Waals surface area contributed by atoms with E-state index < -0.39 is 15.8 Å². The minimum absolute atomic E-state index is 0.162. The van der Waals surface area contributed by atoms with Crippen LogP contribution in [0.2, 0.25) is 0 Å². The maximum absolute atomic E-state index is 11.7. The van der Waals surface area contributed by atoms with E-state index in [4.69, 9.17) is 9.63 Å². The van der Waals surface area contributed by atoms with E-state index in [-0.39, 0.29) is 10.7 Å². The Morgan fingerprint density at radius 3 is 2.40 bits per heavy atom. The summed E-state index contributed by atoms with van der Waals surface area (Å²) in [5.41, 5.74) is 2.45. The normalized spacial score (nSPS) is 11.6. The Labute approximate surface area is 115 Å². The van der Waals surface area contributed by atoms with Crippen LogP contribution in [0.3, 0.4) is 0 Å². The van der Waals surface area contributed by atoms with Gasteiger partial charge in [0.05, 0.1) is 4.90 Å². The molecule has 1 heterocycles. The zero-order valence-corrected chi connectivity index (χ0v) is 12.0. The molecule has 0 amide bonds. The van der Waals surface area contributed by atoms with Crippen LogP contribution in [-0.4, -0.2) is 30.9 Å².